The van der Waals surface area contributed by atoms with Gasteiger partial charge in [0, 0.05) is 57.9 Å². The van der Waals surface area contributed by atoms with Crippen molar-refractivity contribution in [3.63, 3.8) is 0 Å². The van der Waals surface area contributed by atoms with Crippen LogP contribution in [0.1, 0.15) is 162 Å². The predicted octanol–water partition coefficient (Wildman–Crippen LogP) is 7.75. The average molecular weight is 1180 g/mol. The van der Waals surface area contributed by atoms with Gasteiger partial charge in [0.15, 0.2) is 0 Å². The molecule has 0 bridgehead atoms. The molecule has 5 aromatic rings. The number of esters is 2. The zero-order valence-corrected chi connectivity index (χ0v) is 52.3. The number of aryl methyl sites for hydroxylation is 4. The highest BCUT2D eigenvalue weighted by atomic mass is 16.6. The van der Waals surface area contributed by atoms with Crippen molar-refractivity contribution in [2.24, 2.45) is 35.5 Å². The van der Waals surface area contributed by atoms with Gasteiger partial charge in [0.05, 0.1) is 83.4 Å². The molecule has 26 nitrogen and oxygen atoms in total. The number of hydrogen-bond acceptors (Lipinski definition) is 22. The molecule has 0 aliphatic heterocycles. The molecule has 0 fully saturated rings. The number of ether oxygens (including phenoxy) is 6. The Morgan fingerprint density at radius 1 is 0.405 bits per heavy atom. The van der Waals surface area contributed by atoms with Crippen LogP contribution in [0.15, 0.2) is 18.6 Å². The van der Waals surface area contributed by atoms with Crippen molar-refractivity contribution in [3.8, 4) is 0 Å². The van der Waals surface area contributed by atoms with Crippen LogP contribution in [-0.4, -0.2) is 152 Å². The summed E-state index contributed by atoms with van der Waals surface area (Å²) in [5.41, 5.74) is 2.54. The van der Waals surface area contributed by atoms with Gasteiger partial charge in [0.1, 0.15) is 41.8 Å². The van der Waals surface area contributed by atoms with E-state index < -0.39 is 18.0 Å². The van der Waals surface area contributed by atoms with Gasteiger partial charge in [0.2, 0.25) is 11.9 Å². The minimum absolute atomic E-state index is 0.0852. The molecule has 0 aromatic carbocycles. The standard InChI is InChI=1S/C35H59N13O3.C23H38N4O6/c1-27(2)11-17-49-20-14-46-24-30(40-43-46)7-9-33-37-34(10-8-31-25-47(44-41-31)15-21-50-18-12-28(3)4)39-35(38-33)36-23-32-26-48(45-42-32)16-22-51-19-13-29(5)6;1-15(2)7-10-31-20(28)13-18-24-19(14-21(29)32-11-8-16(3)4)26-22(25-18)27-23(30)33-12-9-17(5)6/h24-29H,7-23H2,1-6H3,(H,36,37,38,39);15-17H,7-14H2,1-6H3,(H,24,25,26,27,30). The summed E-state index contributed by atoms with van der Waals surface area (Å²) in [6.45, 7) is 32.7. The van der Waals surface area contributed by atoms with Crippen LogP contribution in [0.2, 0.25) is 0 Å². The molecular weight excluding hydrogens is 1080 g/mol. The quantitative estimate of drug-likeness (QED) is 0.0215. The number of amides is 1. The summed E-state index contributed by atoms with van der Waals surface area (Å²) in [6.07, 6.45) is 12.5. The van der Waals surface area contributed by atoms with Gasteiger partial charge in [-0.1, -0.05) is 98.7 Å². The summed E-state index contributed by atoms with van der Waals surface area (Å²) in [5, 5.41) is 31.6. The van der Waals surface area contributed by atoms with E-state index in [1.165, 1.54) is 0 Å². The first kappa shape index (κ1) is 69.8. The molecule has 0 spiro atoms. The third-order valence-electron chi connectivity index (χ3n) is 12.4. The summed E-state index contributed by atoms with van der Waals surface area (Å²) in [6, 6.07) is 0. The molecule has 5 heterocycles. The summed E-state index contributed by atoms with van der Waals surface area (Å²) < 4.78 is 38.2. The van der Waals surface area contributed by atoms with E-state index in [1.54, 1.807) is 4.68 Å². The smallest absolute Gasteiger partial charge is 0.414 e. The number of aromatic nitrogens is 15. The molecule has 0 aliphatic carbocycles. The van der Waals surface area contributed by atoms with Crippen molar-refractivity contribution in [1.82, 2.24) is 74.9 Å². The second kappa shape index (κ2) is 39.8. The summed E-state index contributed by atoms with van der Waals surface area (Å²) >= 11 is 0. The molecule has 468 valence electrons. The fourth-order valence-corrected chi connectivity index (χ4v) is 7.19. The van der Waals surface area contributed by atoms with E-state index in [2.05, 4.69) is 98.1 Å². The number of hydrogen-bond donors (Lipinski definition) is 2. The van der Waals surface area contributed by atoms with Crippen molar-refractivity contribution >= 4 is 29.9 Å². The monoisotopic (exact) mass is 1180 g/mol. The first-order valence-corrected chi connectivity index (χ1v) is 30.1. The fraction of sp³-hybridized carbons (Fsp3) is 0.741. The van der Waals surface area contributed by atoms with Crippen LogP contribution >= 0.6 is 0 Å². The fourth-order valence-electron chi connectivity index (χ4n) is 7.19. The van der Waals surface area contributed by atoms with E-state index in [0.29, 0.717) is 144 Å². The van der Waals surface area contributed by atoms with Crippen LogP contribution in [0.4, 0.5) is 16.7 Å². The van der Waals surface area contributed by atoms with Gasteiger partial charge in [-0.3, -0.25) is 14.9 Å². The van der Waals surface area contributed by atoms with Crippen LogP contribution in [0.5, 0.6) is 0 Å². The molecule has 0 radical (unpaired) electrons. The lowest BCUT2D eigenvalue weighted by Crippen LogP contribution is -2.21. The number of carbonyl (C=O) groups excluding carboxylic acids is 3. The Hall–Kier alpha value is -6.67. The Kier molecular flexibility index (Phi) is 33.1. The van der Waals surface area contributed by atoms with Crippen LogP contribution in [0.3, 0.4) is 0 Å². The third kappa shape index (κ3) is 32.4. The van der Waals surface area contributed by atoms with Crippen LogP contribution < -0.4 is 10.6 Å². The number of carbonyl (C=O) groups is 3. The zero-order valence-electron chi connectivity index (χ0n) is 52.3. The maximum Gasteiger partial charge on any atom is 0.414 e. The predicted molar refractivity (Wildman–Crippen MR) is 315 cm³/mol. The van der Waals surface area contributed by atoms with Crippen molar-refractivity contribution in [1.29, 1.82) is 0 Å². The van der Waals surface area contributed by atoms with Crippen LogP contribution in [0.25, 0.3) is 0 Å². The van der Waals surface area contributed by atoms with Gasteiger partial charge >= 0.3 is 18.0 Å². The second-order valence-electron chi connectivity index (χ2n) is 23.2. The maximum atomic E-state index is 12.1. The molecule has 0 saturated carbocycles. The lowest BCUT2D eigenvalue weighted by Gasteiger charge is -2.10. The zero-order chi connectivity index (χ0) is 61.1. The summed E-state index contributed by atoms with van der Waals surface area (Å²) in [5.74, 6) is 3.99. The van der Waals surface area contributed by atoms with Crippen molar-refractivity contribution < 1.29 is 42.8 Å². The SMILES string of the molecule is CC(C)CCOC(=O)Cc1nc(CC(=O)OCCC(C)C)nc(NC(=O)OCCC(C)C)n1.CC(C)CCOCCn1cc(CCc2nc(CCc3cn(CCOCCC(C)C)nn3)nc(NCc3cn(CCOCCC(C)C)nn3)n2)nn1. The molecule has 84 heavy (non-hydrogen) atoms. The Balaban J connectivity index is 0.000000397. The Morgan fingerprint density at radius 2 is 0.750 bits per heavy atom. The van der Waals surface area contributed by atoms with Crippen molar-refractivity contribution in [3.05, 3.63) is 59.0 Å². The highest BCUT2D eigenvalue weighted by Crippen LogP contribution is 2.12. The number of nitrogens with zero attached hydrogens (tertiary/aromatic N) is 15. The summed E-state index contributed by atoms with van der Waals surface area (Å²) in [4.78, 5) is 63.0. The van der Waals surface area contributed by atoms with E-state index in [9.17, 15) is 14.4 Å². The highest BCUT2D eigenvalue weighted by Gasteiger charge is 2.18. The molecule has 0 saturated heterocycles. The normalized spacial score (nSPS) is 11.5. The third-order valence-corrected chi connectivity index (χ3v) is 12.4. The lowest BCUT2D eigenvalue weighted by molar-refractivity contribution is -0.144. The van der Waals surface area contributed by atoms with E-state index in [4.69, 9.17) is 43.4 Å². The highest BCUT2D eigenvalue weighted by molar-refractivity contribution is 5.82. The first-order valence-electron chi connectivity index (χ1n) is 30.1. The summed E-state index contributed by atoms with van der Waals surface area (Å²) in [7, 11) is 0. The molecule has 5 aromatic heterocycles. The minimum Gasteiger partial charge on any atom is -0.465 e. The van der Waals surface area contributed by atoms with Crippen molar-refractivity contribution in [2.75, 3.05) is 70.1 Å². The number of anilines is 2. The molecular formula is C58H97N17O9. The molecule has 26 heteroatoms. The first-order chi connectivity index (χ1) is 40.3. The van der Waals surface area contributed by atoms with Gasteiger partial charge in [-0.25, -0.2) is 28.8 Å². The van der Waals surface area contributed by atoms with Gasteiger partial charge in [-0.15, -0.1) is 15.3 Å². The molecule has 0 atom stereocenters. The lowest BCUT2D eigenvalue weighted by atomic mass is 10.1. The number of nitrogens with one attached hydrogen (secondary N) is 2. The minimum atomic E-state index is -0.724. The number of rotatable bonds is 41. The molecule has 2 N–H and O–H groups in total. The Labute approximate surface area is 496 Å². The van der Waals surface area contributed by atoms with E-state index in [1.807, 2.05) is 69.5 Å². The average Bonchev–Trinajstić information content (AvgIpc) is 4.22. The van der Waals surface area contributed by atoms with E-state index in [0.717, 1.165) is 69.0 Å². The van der Waals surface area contributed by atoms with E-state index >= 15 is 0 Å². The van der Waals surface area contributed by atoms with Gasteiger partial charge in [0.25, 0.3) is 0 Å². The van der Waals surface area contributed by atoms with Crippen LogP contribution in [0, 0.1) is 35.5 Å². The molecule has 0 aliphatic rings. The van der Waals surface area contributed by atoms with Crippen molar-refractivity contribution in [2.45, 2.75) is 186 Å². The topological polar surface area (TPSA) is 300 Å². The molecule has 0 unspecified atom stereocenters. The Bertz CT molecular complexity index is 2320. The van der Waals surface area contributed by atoms with E-state index in [-0.39, 0.29) is 37.0 Å². The van der Waals surface area contributed by atoms with Gasteiger partial charge in [-0.05, 0) is 74.0 Å². The molecule has 1 amide bonds. The second-order valence-corrected chi connectivity index (χ2v) is 23.2. The van der Waals surface area contributed by atoms with Gasteiger partial charge in [-0.2, -0.15) is 19.9 Å². The van der Waals surface area contributed by atoms with Gasteiger partial charge < -0.3 is 33.7 Å². The molecule has 5 rings (SSSR count). The maximum absolute atomic E-state index is 12.1. The largest absolute Gasteiger partial charge is 0.465 e. The Morgan fingerprint density at radius 3 is 1.15 bits per heavy atom. The van der Waals surface area contributed by atoms with Crippen LogP contribution in [-0.2, 0) is 103 Å².